The summed E-state index contributed by atoms with van der Waals surface area (Å²) in [6.45, 7) is 2.69. The first-order valence-electron chi connectivity index (χ1n) is 11.0. The van der Waals surface area contributed by atoms with Gasteiger partial charge >= 0.3 is 0 Å². The van der Waals surface area contributed by atoms with Crippen molar-refractivity contribution < 1.29 is 14.4 Å². The van der Waals surface area contributed by atoms with Crippen LogP contribution in [0.3, 0.4) is 0 Å². The first-order chi connectivity index (χ1) is 16.5. The van der Waals surface area contributed by atoms with Crippen LogP contribution in [0.4, 0.5) is 11.4 Å². The van der Waals surface area contributed by atoms with Crippen molar-refractivity contribution >= 4 is 40.7 Å². The Labute approximate surface area is 203 Å². The van der Waals surface area contributed by atoms with Crippen LogP contribution in [0.5, 0.6) is 0 Å². The molecule has 4 rings (SSSR count). The van der Waals surface area contributed by atoms with E-state index in [2.05, 4.69) is 5.32 Å². The van der Waals surface area contributed by atoms with Gasteiger partial charge in [0.2, 0.25) is 0 Å². The van der Waals surface area contributed by atoms with E-state index in [0.29, 0.717) is 24.2 Å². The van der Waals surface area contributed by atoms with Crippen LogP contribution in [0.2, 0.25) is 0 Å². The lowest BCUT2D eigenvalue weighted by molar-refractivity contribution is -0.137. The van der Waals surface area contributed by atoms with E-state index in [-0.39, 0.29) is 23.2 Å². The highest BCUT2D eigenvalue weighted by atomic mass is 35.5. The van der Waals surface area contributed by atoms with Crippen LogP contribution in [0, 0.1) is 0 Å². The highest BCUT2D eigenvalue weighted by molar-refractivity contribution is 6.48. The number of para-hydroxylation sites is 1. The smallest absolute Gasteiger partial charge is 0.278 e. The molecule has 0 atom stereocenters. The molecule has 172 valence electrons. The predicted octanol–water partition coefficient (Wildman–Crippen LogP) is 4.83. The average molecular weight is 474 g/mol. The summed E-state index contributed by atoms with van der Waals surface area (Å²) in [5, 5.41) is 2.81. The monoisotopic (exact) mass is 473 g/mol. The second-order valence-electron chi connectivity index (χ2n) is 7.77. The fourth-order valence-electron chi connectivity index (χ4n) is 3.79. The van der Waals surface area contributed by atoms with Crippen LogP contribution < -0.4 is 10.2 Å². The number of anilines is 2. The minimum atomic E-state index is -0.515. The third-order valence-corrected chi connectivity index (χ3v) is 5.96. The summed E-state index contributed by atoms with van der Waals surface area (Å²) in [4.78, 5) is 41.2. The van der Waals surface area contributed by atoms with E-state index in [4.69, 9.17) is 11.6 Å². The number of nitrogens with zero attached hydrogens (tertiary/aromatic N) is 2. The molecule has 6 nitrogen and oxygen atoms in total. The summed E-state index contributed by atoms with van der Waals surface area (Å²) in [7, 11) is 0. The normalized spacial score (nSPS) is 13.4. The summed E-state index contributed by atoms with van der Waals surface area (Å²) in [5.74, 6) is -1.11. The Bertz CT molecular complexity index is 1220. The zero-order valence-electron chi connectivity index (χ0n) is 18.7. The predicted molar refractivity (Wildman–Crippen MR) is 134 cm³/mol. The van der Waals surface area contributed by atoms with E-state index in [0.717, 1.165) is 16.2 Å². The maximum Gasteiger partial charge on any atom is 0.278 e. The molecule has 0 bridgehead atoms. The molecule has 0 aromatic heterocycles. The molecule has 0 saturated carbocycles. The SMILES string of the molecule is CCN(C(=O)c1ccc(NC2=C(Cl)C(=O)N(CCc3ccccc3)C2=O)cc1)c1ccccc1. The van der Waals surface area contributed by atoms with Gasteiger partial charge in [0.25, 0.3) is 17.7 Å². The molecule has 0 radical (unpaired) electrons. The van der Waals surface area contributed by atoms with Crippen molar-refractivity contribution in [3.63, 3.8) is 0 Å². The Morgan fingerprint density at radius 3 is 2.12 bits per heavy atom. The van der Waals surface area contributed by atoms with Gasteiger partial charge in [-0.2, -0.15) is 0 Å². The highest BCUT2D eigenvalue weighted by Crippen LogP contribution is 2.26. The Morgan fingerprint density at radius 1 is 0.882 bits per heavy atom. The van der Waals surface area contributed by atoms with Crippen LogP contribution in [-0.2, 0) is 16.0 Å². The van der Waals surface area contributed by atoms with E-state index in [1.54, 1.807) is 29.2 Å². The molecular formula is C27H24ClN3O3. The maximum absolute atomic E-state index is 13.0. The number of nitrogens with one attached hydrogen (secondary N) is 1. The van der Waals surface area contributed by atoms with Crippen LogP contribution in [-0.4, -0.2) is 35.7 Å². The van der Waals surface area contributed by atoms with E-state index < -0.39 is 11.8 Å². The first-order valence-corrected chi connectivity index (χ1v) is 11.4. The van der Waals surface area contributed by atoms with Crippen LogP contribution in [0.1, 0.15) is 22.8 Å². The third kappa shape index (κ3) is 4.87. The molecule has 0 fully saturated rings. The minimum Gasteiger partial charge on any atom is -0.350 e. The van der Waals surface area contributed by atoms with Crippen LogP contribution >= 0.6 is 11.6 Å². The summed E-state index contributed by atoms with van der Waals surface area (Å²) in [6.07, 6.45) is 0.544. The molecule has 3 aromatic rings. The van der Waals surface area contributed by atoms with Crippen molar-refractivity contribution in [2.75, 3.05) is 23.3 Å². The van der Waals surface area contributed by atoms with Gasteiger partial charge in [0.05, 0.1) is 0 Å². The average Bonchev–Trinajstić information content (AvgIpc) is 3.07. The molecule has 3 amide bonds. The Hall–Kier alpha value is -3.90. The number of hydrogen-bond acceptors (Lipinski definition) is 4. The first kappa shape index (κ1) is 23.3. The molecule has 1 N–H and O–H groups in total. The molecule has 3 aromatic carbocycles. The summed E-state index contributed by atoms with van der Waals surface area (Å²) in [6, 6.07) is 25.8. The van der Waals surface area contributed by atoms with Crippen molar-refractivity contribution in [2.45, 2.75) is 13.3 Å². The zero-order chi connectivity index (χ0) is 24.1. The van der Waals surface area contributed by atoms with Gasteiger partial charge in [-0.05, 0) is 55.3 Å². The Kier molecular flexibility index (Phi) is 7.09. The van der Waals surface area contributed by atoms with Gasteiger partial charge in [-0.1, -0.05) is 60.1 Å². The summed E-state index contributed by atoms with van der Waals surface area (Å²) >= 11 is 6.20. The summed E-state index contributed by atoms with van der Waals surface area (Å²) in [5.41, 5.74) is 2.95. The standard InChI is InChI=1S/C27H24ClN3O3/c1-2-30(22-11-7-4-8-12-22)25(32)20-13-15-21(16-14-20)29-24-23(28)26(33)31(27(24)34)18-17-19-9-5-3-6-10-19/h3-16,29H,2,17-18H2,1H3. The van der Waals surface area contributed by atoms with Gasteiger partial charge in [-0.15, -0.1) is 0 Å². The van der Waals surface area contributed by atoms with Crippen LogP contribution in [0.25, 0.3) is 0 Å². The lowest BCUT2D eigenvalue weighted by Crippen LogP contribution is -2.34. The van der Waals surface area contributed by atoms with Crippen molar-refractivity contribution in [2.24, 2.45) is 0 Å². The van der Waals surface area contributed by atoms with Gasteiger partial charge in [0.1, 0.15) is 10.7 Å². The molecule has 34 heavy (non-hydrogen) atoms. The Balaban J connectivity index is 1.44. The lowest BCUT2D eigenvalue weighted by Gasteiger charge is -2.21. The molecule has 7 heteroatoms. The van der Waals surface area contributed by atoms with Gasteiger partial charge < -0.3 is 10.2 Å². The number of benzene rings is 3. The highest BCUT2D eigenvalue weighted by Gasteiger charge is 2.37. The number of hydrogen-bond donors (Lipinski definition) is 1. The van der Waals surface area contributed by atoms with Crippen molar-refractivity contribution in [3.05, 3.63) is 107 Å². The fourth-order valence-corrected chi connectivity index (χ4v) is 4.02. The maximum atomic E-state index is 13.0. The van der Waals surface area contributed by atoms with Crippen LogP contribution in [0.15, 0.2) is 95.7 Å². The number of carbonyl (C=O) groups is 3. The van der Waals surface area contributed by atoms with E-state index >= 15 is 0 Å². The van der Waals surface area contributed by atoms with Gasteiger partial charge in [0, 0.05) is 30.0 Å². The number of rotatable bonds is 8. The second-order valence-corrected chi connectivity index (χ2v) is 8.15. The van der Waals surface area contributed by atoms with E-state index in [1.165, 1.54) is 0 Å². The Morgan fingerprint density at radius 2 is 1.50 bits per heavy atom. The summed E-state index contributed by atoms with van der Waals surface area (Å²) < 4.78 is 0. The zero-order valence-corrected chi connectivity index (χ0v) is 19.5. The molecule has 0 saturated heterocycles. The lowest BCUT2D eigenvalue weighted by atomic mass is 10.1. The fraction of sp³-hybridized carbons (Fsp3) is 0.148. The van der Waals surface area contributed by atoms with Crippen molar-refractivity contribution in [1.82, 2.24) is 4.90 Å². The third-order valence-electron chi connectivity index (χ3n) is 5.61. The van der Waals surface area contributed by atoms with Gasteiger partial charge in [-0.25, -0.2) is 0 Å². The van der Waals surface area contributed by atoms with E-state index in [9.17, 15) is 14.4 Å². The molecule has 1 aliphatic heterocycles. The largest absolute Gasteiger partial charge is 0.350 e. The van der Waals surface area contributed by atoms with Gasteiger partial charge in [0.15, 0.2) is 0 Å². The number of halogens is 1. The number of imide groups is 1. The number of amides is 3. The van der Waals surface area contributed by atoms with Crippen molar-refractivity contribution in [1.29, 1.82) is 0 Å². The molecule has 0 aliphatic carbocycles. The molecule has 1 heterocycles. The number of carbonyl (C=O) groups excluding carboxylic acids is 3. The molecule has 0 unspecified atom stereocenters. The van der Waals surface area contributed by atoms with E-state index in [1.807, 2.05) is 67.6 Å². The second kappa shape index (κ2) is 10.4. The molecule has 1 aliphatic rings. The van der Waals surface area contributed by atoms with Gasteiger partial charge in [-0.3, -0.25) is 19.3 Å². The minimum absolute atomic E-state index is 0.0401. The topological polar surface area (TPSA) is 69.7 Å². The molecule has 0 spiro atoms. The van der Waals surface area contributed by atoms with Crippen molar-refractivity contribution in [3.8, 4) is 0 Å². The molecular weight excluding hydrogens is 450 g/mol. The quantitative estimate of drug-likeness (QED) is 0.476.